The molecule has 0 saturated carbocycles. The number of anilines is 3. The Bertz CT molecular complexity index is 760. The van der Waals surface area contributed by atoms with E-state index < -0.39 is 0 Å². The molecule has 6 nitrogen and oxygen atoms in total. The number of hydrogen-bond acceptors (Lipinski definition) is 5. The second kappa shape index (κ2) is 7.94. The summed E-state index contributed by atoms with van der Waals surface area (Å²) >= 11 is 0. The molecule has 2 aromatic rings. The highest BCUT2D eigenvalue weighted by Crippen LogP contribution is 2.23. The van der Waals surface area contributed by atoms with Gasteiger partial charge in [-0.3, -0.25) is 4.79 Å². The van der Waals surface area contributed by atoms with E-state index in [1.54, 1.807) is 12.4 Å². The van der Waals surface area contributed by atoms with E-state index in [0.717, 1.165) is 44.7 Å². The number of nitrogens with zero attached hydrogens (tertiary/aromatic N) is 4. The van der Waals surface area contributed by atoms with Crippen molar-refractivity contribution in [3.63, 3.8) is 0 Å². The molecule has 142 valence electrons. The first-order chi connectivity index (χ1) is 13.2. The quantitative estimate of drug-likeness (QED) is 0.895. The van der Waals surface area contributed by atoms with Crippen LogP contribution in [0, 0.1) is 5.92 Å². The number of rotatable bonds is 4. The van der Waals surface area contributed by atoms with E-state index in [4.69, 9.17) is 0 Å². The lowest BCUT2D eigenvalue weighted by molar-refractivity contribution is 0.0696. The van der Waals surface area contributed by atoms with Gasteiger partial charge in [0.05, 0.1) is 5.56 Å². The van der Waals surface area contributed by atoms with E-state index in [2.05, 4.69) is 39.2 Å². The molecule has 0 aliphatic carbocycles. The molecule has 1 aromatic carbocycles. The average molecular weight is 365 g/mol. The van der Waals surface area contributed by atoms with Gasteiger partial charge >= 0.3 is 0 Å². The van der Waals surface area contributed by atoms with Crippen molar-refractivity contribution in [2.45, 2.75) is 32.6 Å². The Kier molecular flexibility index (Phi) is 5.23. The molecule has 1 aromatic heterocycles. The third-order valence-electron chi connectivity index (χ3n) is 5.56. The molecule has 0 unspecified atom stereocenters. The van der Waals surface area contributed by atoms with Crippen molar-refractivity contribution in [2.24, 2.45) is 5.92 Å². The summed E-state index contributed by atoms with van der Waals surface area (Å²) in [4.78, 5) is 25.5. The Morgan fingerprint density at radius 1 is 1.00 bits per heavy atom. The molecule has 6 heteroatoms. The summed E-state index contributed by atoms with van der Waals surface area (Å²) in [5.41, 5.74) is 2.76. The van der Waals surface area contributed by atoms with Gasteiger partial charge in [-0.25, -0.2) is 9.97 Å². The number of benzene rings is 1. The number of carbonyl (C=O) groups is 1. The first kappa shape index (κ1) is 17.8. The maximum absolute atomic E-state index is 12.6. The Balaban J connectivity index is 1.36. The number of piperidine rings is 1. The SMILES string of the molecule is CC1CCN(C(=O)c2cnc(Nc3ccc(N4CCCC4)cc3)nc2)CC1. The van der Waals surface area contributed by atoms with Gasteiger partial charge < -0.3 is 15.1 Å². The van der Waals surface area contributed by atoms with Crippen molar-refractivity contribution in [1.29, 1.82) is 0 Å². The van der Waals surface area contributed by atoms with Gasteiger partial charge in [0.1, 0.15) is 0 Å². The van der Waals surface area contributed by atoms with Crippen LogP contribution in [-0.2, 0) is 0 Å². The molecule has 1 amide bonds. The molecule has 2 saturated heterocycles. The third-order valence-corrected chi connectivity index (χ3v) is 5.56. The summed E-state index contributed by atoms with van der Waals surface area (Å²) in [5, 5.41) is 3.21. The van der Waals surface area contributed by atoms with Crippen molar-refractivity contribution < 1.29 is 4.79 Å². The Hall–Kier alpha value is -2.63. The van der Waals surface area contributed by atoms with Gasteiger partial charge in [-0.15, -0.1) is 0 Å². The van der Waals surface area contributed by atoms with Crippen LogP contribution in [0.2, 0.25) is 0 Å². The zero-order valence-electron chi connectivity index (χ0n) is 15.9. The number of aromatic nitrogens is 2. The lowest BCUT2D eigenvalue weighted by atomic mass is 9.99. The number of carbonyl (C=O) groups excluding carboxylic acids is 1. The molecule has 0 radical (unpaired) electrons. The summed E-state index contributed by atoms with van der Waals surface area (Å²) in [6, 6.07) is 8.35. The monoisotopic (exact) mass is 365 g/mol. The number of amides is 1. The van der Waals surface area contributed by atoms with Crippen LogP contribution in [0.4, 0.5) is 17.3 Å². The van der Waals surface area contributed by atoms with Crippen LogP contribution in [0.15, 0.2) is 36.7 Å². The Morgan fingerprint density at radius 3 is 2.26 bits per heavy atom. The van der Waals surface area contributed by atoms with Crippen molar-refractivity contribution in [3.05, 3.63) is 42.2 Å². The highest BCUT2D eigenvalue weighted by Gasteiger charge is 2.21. The predicted molar refractivity (Wildman–Crippen MR) is 108 cm³/mol. The summed E-state index contributed by atoms with van der Waals surface area (Å²) in [6.07, 6.45) is 7.92. The lowest BCUT2D eigenvalue weighted by Crippen LogP contribution is -2.38. The van der Waals surface area contributed by atoms with Crippen LogP contribution in [0.5, 0.6) is 0 Å². The van der Waals surface area contributed by atoms with Crippen LogP contribution in [-0.4, -0.2) is 47.0 Å². The fourth-order valence-electron chi connectivity index (χ4n) is 3.76. The molecule has 0 bridgehead atoms. The van der Waals surface area contributed by atoms with E-state index in [0.29, 0.717) is 17.4 Å². The molecule has 3 heterocycles. The van der Waals surface area contributed by atoms with Crippen LogP contribution in [0.3, 0.4) is 0 Å². The van der Waals surface area contributed by atoms with E-state index in [1.165, 1.54) is 18.5 Å². The molecular formula is C21H27N5O. The lowest BCUT2D eigenvalue weighted by Gasteiger charge is -2.30. The molecule has 2 aliphatic heterocycles. The third kappa shape index (κ3) is 4.21. The fraction of sp³-hybridized carbons (Fsp3) is 0.476. The van der Waals surface area contributed by atoms with E-state index >= 15 is 0 Å². The maximum atomic E-state index is 12.6. The minimum atomic E-state index is 0.0309. The molecule has 4 rings (SSSR count). The highest BCUT2D eigenvalue weighted by atomic mass is 16.2. The topological polar surface area (TPSA) is 61.4 Å². The van der Waals surface area contributed by atoms with Crippen LogP contribution in [0.25, 0.3) is 0 Å². The summed E-state index contributed by atoms with van der Waals surface area (Å²) in [7, 11) is 0. The van der Waals surface area contributed by atoms with Gasteiger partial charge in [-0.2, -0.15) is 0 Å². The van der Waals surface area contributed by atoms with E-state index in [1.807, 2.05) is 17.0 Å². The first-order valence-corrected chi connectivity index (χ1v) is 9.92. The highest BCUT2D eigenvalue weighted by molar-refractivity contribution is 5.93. The number of nitrogens with one attached hydrogen (secondary N) is 1. The van der Waals surface area contributed by atoms with E-state index in [9.17, 15) is 4.79 Å². The number of hydrogen-bond donors (Lipinski definition) is 1. The van der Waals surface area contributed by atoms with Gasteiger partial charge in [0.25, 0.3) is 5.91 Å². The smallest absolute Gasteiger partial charge is 0.256 e. The molecule has 0 spiro atoms. The standard InChI is InChI=1S/C21H27N5O/c1-16-8-12-26(13-9-16)20(27)17-14-22-21(23-15-17)24-18-4-6-19(7-5-18)25-10-2-3-11-25/h4-7,14-16H,2-3,8-13H2,1H3,(H,22,23,24). The minimum absolute atomic E-state index is 0.0309. The van der Waals surface area contributed by atoms with Crippen molar-refractivity contribution in [2.75, 3.05) is 36.4 Å². The summed E-state index contributed by atoms with van der Waals surface area (Å²) < 4.78 is 0. The summed E-state index contributed by atoms with van der Waals surface area (Å²) in [6.45, 7) is 6.17. The van der Waals surface area contributed by atoms with Gasteiger partial charge in [0, 0.05) is 49.9 Å². The normalized spacial score (nSPS) is 18.0. The van der Waals surface area contributed by atoms with Gasteiger partial charge in [-0.05, 0) is 55.9 Å². The number of likely N-dealkylation sites (tertiary alicyclic amines) is 1. The summed E-state index contributed by atoms with van der Waals surface area (Å²) in [5.74, 6) is 1.24. The van der Waals surface area contributed by atoms with Crippen molar-refractivity contribution in [3.8, 4) is 0 Å². The second-order valence-electron chi connectivity index (χ2n) is 7.64. The second-order valence-corrected chi connectivity index (χ2v) is 7.64. The molecule has 1 N–H and O–H groups in total. The van der Waals surface area contributed by atoms with Crippen molar-refractivity contribution in [1.82, 2.24) is 14.9 Å². The molecular weight excluding hydrogens is 338 g/mol. The zero-order chi connectivity index (χ0) is 18.6. The molecule has 2 fully saturated rings. The zero-order valence-corrected chi connectivity index (χ0v) is 15.9. The van der Waals surface area contributed by atoms with E-state index in [-0.39, 0.29) is 5.91 Å². The molecule has 27 heavy (non-hydrogen) atoms. The Morgan fingerprint density at radius 2 is 1.63 bits per heavy atom. The van der Waals surface area contributed by atoms with Crippen LogP contribution < -0.4 is 10.2 Å². The average Bonchev–Trinajstić information content (AvgIpc) is 3.24. The Labute approximate surface area is 160 Å². The van der Waals surface area contributed by atoms with Gasteiger partial charge in [0.15, 0.2) is 0 Å². The molecule has 2 aliphatic rings. The fourth-order valence-corrected chi connectivity index (χ4v) is 3.76. The van der Waals surface area contributed by atoms with Gasteiger partial charge in [-0.1, -0.05) is 6.92 Å². The van der Waals surface area contributed by atoms with Crippen molar-refractivity contribution >= 4 is 23.2 Å². The van der Waals surface area contributed by atoms with Gasteiger partial charge in [0.2, 0.25) is 5.95 Å². The van der Waals surface area contributed by atoms with Crippen LogP contribution in [0.1, 0.15) is 43.0 Å². The predicted octanol–water partition coefficient (Wildman–Crippen LogP) is 3.69. The minimum Gasteiger partial charge on any atom is -0.372 e. The first-order valence-electron chi connectivity index (χ1n) is 9.92. The molecule has 0 atom stereocenters. The largest absolute Gasteiger partial charge is 0.372 e. The maximum Gasteiger partial charge on any atom is 0.256 e. The van der Waals surface area contributed by atoms with Crippen LogP contribution >= 0.6 is 0 Å².